The summed E-state index contributed by atoms with van der Waals surface area (Å²) in [4.78, 5) is 0. The maximum atomic E-state index is 5.52. The van der Waals surface area contributed by atoms with Crippen molar-refractivity contribution in [3.8, 4) is 0 Å². The number of hydrogen-bond acceptors (Lipinski definition) is 1. The molecule has 0 aromatic heterocycles. The van der Waals surface area contributed by atoms with Crippen LogP contribution in [0.3, 0.4) is 0 Å². The molecule has 0 spiro atoms. The maximum absolute atomic E-state index is 5.52. The van der Waals surface area contributed by atoms with Gasteiger partial charge in [0.25, 0.3) is 0 Å². The molecule has 0 amide bonds. The molecule has 2 aromatic carbocycles. The van der Waals surface area contributed by atoms with E-state index in [1.807, 2.05) is 63.2 Å². The van der Waals surface area contributed by atoms with Crippen LogP contribution in [-0.4, -0.2) is 0 Å². The van der Waals surface area contributed by atoms with E-state index in [1.54, 1.807) is 0 Å². The minimum absolute atomic E-state index is 0.583. The Hall–Kier alpha value is -1.76. The summed E-state index contributed by atoms with van der Waals surface area (Å²) in [5.74, 6) is 0. The topological polar surface area (TPSA) is 26.0 Å². The summed E-state index contributed by atoms with van der Waals surface area (Å²) in [6.07, 6.45) is 2.59. The molecule has 136 valence electrons. The Bertz CT molecular complexity index is 473. The number of benzene rings is 2. The number of hydrogen-bond donors (Lipinski definition) is 1. The van der Waals surface area contributed by atoms with Gasteiger partial charge in [0, 0.05) is 5.69 Å². The summed E-state index contributed by atoms with van der Waals surface area (Å²) in [6.45, 7) is 17.2. The van der Waals surface area contributed by atoms with Crippen LogP contribution < -0.4 is 5.73 Å². The first-order chi connectivity index (χ1) is 11.3. The average molecular weight is 330 g/mol. The van der Waals surface area contributed by atoms with Crippen molar-refractivity contribution in [2.45, 2.75) is 68.2 Å². The lowest BCUT2D eigenvalue weighted by molar-refractivity contribution is 0.338. The molecule has 0 aliphatic rings. The predicted molar refractivity (Wildman–Crippen MR) is 112 cm³/mol. The molecule has 24 heavy (non-hydrogen) atoms. The van der Waals surface area contributed by atoms with Crippen molar-refractivity contribution < 1.29 is 0 Å². The number of rotatable bonds is 2. The molecular formula is C23H39N. The first kappa shape index (κ1) is 24.5. The minimum atomic E-state index is 0.583. The highest BCUT2D eigenvalue weighted by molar-refractivity contribution is 5.44. The highest BCUT2D eigenvalue weighted by Crippen LogP contribution is 2.22. The Kier molecular flexibility index (Phi) is 15.1. The van der Waals surface area contributed by atoms with Gasteiger partial charge >= 0.3 is 0 Å². The zero-order valence-corrected chi connectivity index (χ0v) is 17.2. The van der Waals surface area contributed by atoms with E-state index in [-0.39, 0.29) is 0 Å². The van der Waals surface area contributed by atoms with E-state index in [4.69, 9.17) is 5.73 Å². The van der Waals surface area contributed by atoms with E-state index >= 15 is 0 Å². The van der Waals surface area contributed by atoms with Gasteiger partial charge in [0.1, 0.15) is 0 Å². The molecule has 0 heterocycles. The minimum Gasteiger partial charge on any atom is -0.399 e. The Morgan fingerprint density at radius 2 is 1.17 bits per heavy atom. The van der Waals surface area contributed by atoms with Gasteiger partial charge in [-0.1, -0.05) is 108 Å². The van der Waals surface area contributed by atoms with Crippen LogP contribution in [-0.2, 0) is 0 Å². The summed E-state index contributed by atoms with van der Waals surface area (Å²) >= 11 is 0. The first-order valence-electron chi connectivity index (χ1n) is 9.15. The SMILES string of the molecule is CC.CCC(C)(C)CC.Cc1ccccc1.Cc1ccccc1N. The molecule has 0 atom stereocenters. The van der Waals surface area contributed by atoms with Crippen LogP contribution in [0.5, 0.6) is 0 Å². The van der Waals surface area contributed by atoms with Gasteiger partial charge in [0.15, 0.2) is 0 Å². The Morgan fingerprint density at radius 3 is 1.38 bits per heavy atom. The summed E-state index contributed by atoms with van der Waals surface area (Å²) in [6, 6.07) is 18.1. The maximum Gasteiger partial charge on any atom is 0.0343 e. The lowest BCUT2D eigenvalue weighted by Crippen LogP contribution is -2.05. The smallest absolute Gasteiger partial charge is 0.0343 e. The van der Waals surface area contributed by atoms with Gasteiger partial charge < -0.3 is 5.73 Å². The number of aryl methyl sites for hydroxylation is 2. The van der Waals surface area contributed by atoms with Crippen LogP contribution >= 0.6 is 0 Å². The fourth-order valence-corrected chi connectivity index (χ4v) is 1.37. The molecule has 0 saturated carbocycles. The lowest BCUT2D eigenvalue weighted by Gasteiger charge is -2.18. The third kappa shape index (κ3) is 13.9. The quantitative estimate of drug-likeness (QED) is 0.569. The molecule has 0 radical (unpaired) electrons. The second kappa shape index (κ2) is 14.8. The van der Waals surface area contributed by atoms with Gasteiger partial charge in [-0.2, -0.15) is 0 Å². The standard InChI is InChI=1S/C7H9N.C7H8.C7H16.C2H6/c1-6-4-2-3-5-7(6)8;1-7-5-3-2-4-6-7;1-5-7(3,4)6-2;1-2/h2-5H,8H2,1H3;2-6H,1H3;5-6H2,1-4H3;1-2H3. The summed E-state index contributed by atoms with van der Waals surface area (Å²) < 4.78 is 0. The van der Waals surface area contributed by atoms with Gasteiger partial charge in [0.2, 0.25) is 0 Å². The van der Waals surface area contributed by atoms with Gasteiger partial charge in [-0.05, 0) is 30.9 Å². The highest BCUT2D eigenvalue weighted by atomic mass is 14.5. The average Bonchev–Trinajstić information content (AvgIpc) is 2.61. The summed E-state index contributed by atoms with van der Waals surface area (Å²) in [5, 5.41) is 0. The molecule has 2 rings (SSSR count). The molecule has 0 aliphatic heterocycles. The zero-order valence-electron chi connectivity index (χ0n) is 17.2. The van der Waals surface area contributed by atoms with Gasteiger partial charge in [0.05, 0.1) is 0 Å². The molecule has 0 aliphatic carbocycles. The normalized spacial score (nSPS) is 9.33. The molecule has 0 fully saturated rings. The van der Waals surface area contributed by atoms with E-state index in [0.717, 1.165) is 11.3 Å². The van der Waals surface area contributed by atoms with Crippen molar-refractivity contribution in [1.82, 2.24) is 0 Å². The number of nitrogen functional groups attached to an aromatic ring is 1. The number of anilines is 1. The van der Waals surface area contributed by atoms with Crippen molar-refractivity contribution in [2.75, 3.05) is 5.73 Å². The Morgan fingerprint density at radius 1 is 0.750 bits per heavy atom. The molecule has 0 bridgehead atoms. The molecule has 2 N–H and O–H groups in total. The second-order valence-electron chi connectivity index (χ2n) is 6.38. The molecule has 0 saturated heterocycles. The monoisotopic (exact) mass is 329 g/mol. The lowest BCUT2D eigenvalue weighted by atomic mass is 9.88. The molecule has 0 unspecified atom stereocenters. The Labute approximate surface area is 151 Å². The van der Waals surface area contributed by atoms with Crippen LogP contribution in [0.4, 0.5) is 5.69 Å². The zero-order chi connectivity index (χ0) is 19.0. The van der Waals surface area contributed by atoms with Crippen LogP contribution in [0.15, 0.2) is 54.6 Å². The highest BCUT2D eigenvalue weighted by Gasteiger charge is 2.09. The van der Waals surface area contributed by atoms with E-state index in [1.165, 1.54) is 18.4 Å². The predicted octanol–water partition coefficient (Wildman–Crippen LogP) is 7.43. The van der Waals surface area contributed by atoms with E-state index in [0.29, 0.717) is 5.41 Å². The fourth-order valence-electron chi connectivity index (χ4n) is 1.37. The van der Waals surface area contributed by atoms with Crippen molar-refractivity contribution in [3.05, 3.63) is 65.7 Å². The molecule has 1 heteroatoms. The van der Waals surface area contributed by atoms with E-state index in [9.17, 15) is 0 Å². The molecular weight excluding hydrogens is 290 g/mol. The molecule has 1 nitrogen and oxygen atoms in total. The summed E-state index contributed by atoms with van der Waals surface area (Å²) in [5.41, 5.74) is 9.44. The van der Waals surface area contributed by atoms with Crippen LogP contribution in [0.25, 0.3) is 0 Å². The van der Waals surface area contributed by atoms with Crippen LogP contribution in [0.1, 0.15) is 65.5 Å². The third-order valence-electron chi connectivity index (χ3n) is 4.04. The van der Waals surface area contributed by atoms with Gasteiger partial charge in [-0.3, -0.25) is 0 Å². The second-order valence-corrected chi connectivity index (χ2v) is 6.38. The van der Waals surface area contributed by atoms with E-state index < -0.39 is 0 Å². The largest absolute Gasteiger partial charge is 0.399 e. The summed E-state index contributed by atoms with van der Waals surface area (Å²) in [7, 11) is 0. The van der Waals surface area contributed by atoms with Gasteiger partial charge in [-0.15, -0.1) is 0 Å². The Balaban J connectivity index is 0. The number of nitrogens with two attached hydrogens (primary N) is 1. The van der Waals surface area contributed by atoms with Crippen molar-refractivity contribution in [1.29, 1.82) is 0 Å². The van der Waals surface area contributed by atoms with Gasteiger partial charge in [-0.25, -0.2) is 0 Å². The van der Waals surface area contributed by atoms with Crippen molar-refractivity contribution in [3.63, 3.8) is 0 Å². The number of para-hydroxylation sites is 1. The molecule has 2 aromatic rings. The third-order valence-corrected chi connectivity index (χ3v) is 4.04. The van der Waals surface area contributed by atoms with Crippen molar-refractivity contribution in [2.24, 2.45) is 5.41 Å². The fraction of sp³-hybridized carbons (Fsp3) is 0.478. The van der Waals surface area contributed by atoms with Crippen molar-refractivity contribution >= 4 is 5.69 Å². The van der Waals surface area contributed by atoms with E-state index in [2.05, 4.69) is 46.8 Å². The van der Waals surface area contributed by atoms with Crippen LogP contribution in [0.2, 0.25) is 0 Å². The van der Waals surface area contributed by atoms with Crippen LogP contribution in [0, 0.1) is 19.3 Å². The first-order valence-corrected chi connectivity index (χ1v) is 9.15.